The lowest BCUT2D eigenvalue weighted by atomic mass is 10.0. The Labute approximate surface area is 118 Å². The van der Waals surface area contributed by atoms with Crippen molar-refractivity contribution in [2.75, 3.05) is 24.5 Å². The molecule has 1 amide bonds. The molecule has 0 bridgehead atoms. The van der Waals surface area contributed by atoms with Gasteiger partial charge in [-0.25, -0.2) is 4.98 Å². The number of aromatic nitrogens is 1. The molecule has 2 saturated heterocycles. The summed E-state index contributed by atoms with van der Waals surface area (Å²) in [5.41, 5.74) is 1.13. The zero-order valence-electron chi connectivity index (χ0n) is 10.9. The minimum Gasteiger partial charge on any atom is -0.371 e. The van der Waals surface area contributed by atoms with Crippen LogP contribution < -0.4 is 4.90 Å². The Kier molecular flexibility index (Phi) is 3.60. The lowest BCUT2D eigenvalue weighted by Gasteiger charge is -2.37. The zero-order chi connectivity index (χ0) is 13.2. The first-order valence-electron chi connectivity index (χ1n) is 6.90. The van der Waals surface area contributed by atoms with Gasteiger partial charge < -0.3 is 9.80 Å². The number of carbonyl (C=O) groups is 1. The van der Waals surface area contributed by atoms with Gasteiger partial charge in [-0.2, -0.15) is 0 Å². The average molecular weight is 280 g/mol. The van der Waals surface area contributed by atoms with Crippen molar-refractivity contribution in [3.63, 3.8) is 0 Å². The van der Waals surface area contributed by atoms with Gasteiger partial charge >= 0.3 is 0 Å². The number of likely N-dealkylation sites (tertiary alicyclic amines) is 1. The summed E-state index contributed by atoms with van der Waals surface area (Å²) in [5.74, 6) is 0.338. The van der Waals surface area contributed by atoms with Crippen molar-refractivity contribution < 1.29 is 4.79 Å². The molecule has 102 valence electrons. The summed E-state index contributed by atoms with van der Waals surface area (Å²) < 4.78 is 0. The highest BCUT2D eigenvalue weighted by atomic mass is 35.5. The second kappa shape index (κ2) is 5.37. The molecule has 2 fully saturated rings. The first-order valence-corrected chi connectivity index (χ1v) is 7.28. The van der Waals surface area contributed by atoms with Gasteiger partial charge in [-0.05, 0) is 31.4 Å². The van der Waals surface area contributed by atoms with Crippen molar-refractivity contribution in [3.05, 3.63) is 23.5 Å². The molecule has 0 unspecified atom stereocenters. The Bertz CT molecular complexity index is 472. The third-order valence-electron chi connectivity index (χ3n) is 4.09. The van der Waals surface area contributed by atoms with E-state index in [1.54, 1.807) is 6.20 Å². The number of pyridine rings is 1. The van der Waals surface area contributed by atoms with Crippen LogP contribution in [0.1, 0.15) is 25.7 Å². The molecule has 0 radical (unpaired) electrons. The van der Waals surface area contributed by atoms with E-state index in [0.717, 1.165) is 51.0 Å². The van der Waals surface area contributed by atoms with E-state index in [-0.39, 0.29) is 0 Å². The van der Waals surface area contributed by atoms with Crippen LogP contribution in [0.2, 0.25) is 5.15 Å². The van der Waals surface area contributed by atoms with Crippen LogP contribution in [-0.4, -0.2) is 41.5 Å². The van der Waals surface area contributed by atoms with Crippen LogP contribution in [0.5, 0.6) is 0 Å². The Hall–Kier alpha value is -1.29. The number of piperidine rings is 1. The van der Waals surface area contributed by atoms with Crippen LogP contribution in [0.15, 0.2) is 18.3 Å². The van der Waals surface area contributed by atoms with E-state index in [4.69, 9.17) is 11.6 Å². The fourth-order valence-electron chi connectivity index (χ4n) is 3.08. The molecule has 0 aliphatic carbocycles. The molecule has 0 N–H and O–H groups in total. The summed E-state index contributed by atoms with van der Waals surface area (Å²) in [6.07, 6.45) is 5.60. The molecule has 0 aromatic carbocycles. The van der Waals surface area contributed by atoms with E-state index < -0.39 is 0 Å². The highest BCUT2D eigenvalue weighted by Gasteiger charge is 2.30. The molecule has 3 rings (SSSR count). The number of hydrogen-bond acceptors (Lipinski definition) is 3. The van der Waals surface area contributed by atoms with Gasteiger partial charge in [-0.3, -0.25) is 4.79 Å². The number of nitrogens with zero attached hydrogens (tertiary/aromatic N) is 3. The summed E-state index contributed by atoms with van der Waals surface area (Å²) in [7, 11) is 0. The van der Waals surface area contributed by atoms with Crippen molar-refractivity contribution in [1.29, 1.82) is 0 Å². The van der Waals surface area contributed by atoms with Gasteiger partial charge in [-0.1, -0.05) is 11.6 Å². The molecule has 0 atom stereocenters. The van der Waals surface area contributed by atoms with Gasteiger partial charge in [0.2, 0.25) is 5.91 Å². The Morgan fingerprint density at radius 2 is 2.05 bits per heavy atom. The fourth-order valence-corrected chi connectivity index (χ4v) is 3.25. The molecule has 3 heterocycles. The van der Waals surface area contributed by atoms with Crippen molar-refractivity contribution in [3.8, 4) is 0 Å². The molecule has 0 saturated carbocycles. The summed E-state index contributed by atoms with van der Waals surface area (Å²) in [6.45, 7) is 2.91. The maximum atomic E-state index is 11.8. The topological polar surface area (TPSA) is 36.4 Å². The van der Waals surface area contributed by atoms with Gasteiger partial charge in [0.15, 0.2) is 0 Å². The molecule has 0 spiro atoms. The standard InChI is InChI=1S/C14H18ClN3O/c15-13-10-12(3-6-16-13)17-8-4-11(5-9-17)18-7-1-2-14(18)19/h3,6,10-11H,1-2,4-5,7-9H2. The molecule has 1 aromatic rings. The molecule has 1 aromatic heterocycles. The second-order valence-electron chi connectivity index (χ2n) is 5.25. The predicted octanol–water partition coefficient (Wildman–Crippen LogP) is 2.33. The highest BCUT2D eigenvalue weighted by Crippen LogP contribution is 2.26. The van der Waals surface area contributed by atoms with Crippen LogP contribution in [0.3, 0.4) is 0 Å². The smallest absolute Gasteiger partial charge is 0.222 e. The normalized spacial score (nSPS) is 21.2. The quantitative estimate of drug-likeness (QED) is 0.780. The number of halogens is 1. The third-order valence-corrected chi connectivity index (χ3v) is 4.30. The molecular weight excluding hydrogens is 262 g/mol. The summed E-state index contributed by atoms with van der Waals surface area (Å²) >= 11 is 5.92. The van der Waals surface area contributed by atoms with Gasteiger partial charge in [-0.15, -0.1) is 0 Å². The van der Waals surface area contributed by atoms with Gasteiger partial charge in [0.05, 0.1) is 0 Å². The summed E-state index contributed by atoms with van der Waals surface area (Å²) in [4.78, 5) is 20.2. The molecule has 5 heteroatoms. The number of amides is 1. The first kappa shape index (κ1) is 12.7. The Morgan fingerprint density at radius 1 is 1.26 bits per heavy atom. The van der Waals surface area contributed by atoms with E-state index in [9.17, 15) is 4.79 Å². The van der Waals surface area contributed by atoms with E-state index >= 15 is 0 Å². The lowest BCUT2D eigenvalue weighted by Crippen LogP contribution is -2.45. The van der Waals surface area contributed by atoms with Crippen molar-refractivity contribution in [1.82, 2.24) is 9.88 Å². The van der Waals surface area contributed by atoms with Crippen molar-refractivity contribution in [2.45, 2.75) is 31.7 Å². The second-order valence-corrected chi connectivity index (χ2v) is 5.63. The van der Waals surface area contributed by atoms with Crippen molar-refractivity contribution in [2.24, 2.45) is 0 Å². The monoisotopic (exact) mass is 279 g/mol. The number of rotatable bonds is 2. The van der Waals surface area contributed by atoms with Crippen LogP contribution in [-0.2, 0) is 4.79 Å². The first-order chi connectivity index (χ1) is 9.24. The molecule has 4 nitrogen and oxygen atoms in total. The minimum absolute atomic E-state index is 0.338. The van der Waals surface area contributed by atoms with Gasteiger partial charge in [0.1, 0.15) is 5.15 Å². The molecule has 2 aliphatic rings. The van der Waals surface area contributed by atoms with Gasteiger partial charge in [0, 0.05) is 44.0 Å². The third kappa shape index (κ3) is 2.68. The summed E-state index contributed by atoms with van der Waals surface area (Å²) in [5, 5.41) is 0.536. The molecular formula is C14H18ClN3O. The number of anilines is 1. The number of hydrogen-bond donors (Lipinski definition) is 0. The Morgan fingerprint density at radius 3 is 2.68 bits per heavy atom. The summed E-state index contributed by atoms with van der Waals surface area (Å²) in [6, 6.07) is 4.33. The molecule has 19 heavy (non-hydrogen) atoms. The fraction of sp³-hybridized carbons (Fsp3) is 0.571. The van der Waals surface area contributed by atoms with Crippen LogP contribution in [0.4, 0.5) is 5.69 Å². The van der Waals surface area contributed by atoms with Gasteiger partial charge in [0.25, 0.3) is 0 Å². The lowest BCUT2D eigenvalue weighted by molar-refractivity contribution is -0.130. The minimum atomic E-state index is 0.338. The zero-order valence-corrected chi connectivity index (χ0v) is 11.6. The van der Waals surface area contributed by atoms with E-state index in [1.165, 1.54) is 0 Å². The maximum absolute atomic E-state index is 11.8. The number of carbonyl (C=O) groups excluding carboxylic acids is 1. The average Bonchev–Trinajstić information content (AvgIpc) is 2.85. The van der Waals surface area contributed by atoms with Crippen LogP contribution in [0.25, 0.3) is 0 Å². The van der Waals surface area contributed by atoms with E-state index in [1.807, 2.05) is 12.1 Å². The SMILES string of the molecule is O=C1CCCN1C1CCN(c2ccnc(Cl)c2)CC1. The van der Waals surface area contributed by atoms with E-state index in [2.05, 4.69) is 14.8 Å². The van der Waals surface area contributed by atoms with Crippen LogP contribution in [0, 0.1) is 0 Å². The van der Waals surface area contributed by atoms with Crippen LogP contribution >= 0.6 is 11.6 Å². The van der Waals surface area contributed by atoms with Crippen molar-refractivity contribution >= 4 is 23.2 Å². The predicted molar refractivity (Wildman–Crippen MR) is 75.4 cm³/mol. The largest absolute Gasteiger partial charge is 0.371 e. The maximum Gasteiger partial charge on any atom is 0.222 e. The molecule has 2 aliphatic heterocycles. The highest BCUT2D eigenvalue weighted by molar-refractivity contribution is 6.29. The Balaban J connectivity index is 1.61. The van der Waals surface area contributed by atoms with E-state index in [0.29, 0.717) is 17.1 Å².